The Labute approximate surface area is 221 Å². The Hall–Kier alpha value is -3.90. The average molecular weight is 542 g/mol. The smallest absolute Gasteiger partial charge is 0.244 e. The number of aromatic nitrogens is 4. The molecule has 2 aromatic carbocycles. The predicted molar refractivity (Wildman–Crippen MR) is 142 cm³/mol. The van der Waals surface area contributed by atoms with Crippen LogP contribution in [0.4, 0.5) is 0 Å². The highest BCUT2D eigenvalue weighted by molar-refractivity contribution is 7.89. The van der Waals surface area contributed by atoms with Crippen molar-refractivity contribution >= 4 is 15.7 Å². The quantitative estimate of drug-likeness (QED) is 0.267. The molecule has 0 radical (unpaired) electrons. The average Bonchev–Trinajstić information content (AvgIpc) is 3.34. The summed E-state index contributed by atoms with van der Waals surface area (Å²) in [7, 11) is -0.706. The Balaban J connectivity index is 1.47. The minimum atomic E-state index is -3.83. The number of hydrogen-bond donors (Lipinski definition) is 1. The van der Waals surface area contributed by atoms with Gasteiger partial charge in [-0.2, -0.15) is 4.52 Å². The molecule has 0 bridgehead atoms. The number of ether oxygens (including phenoxy) is 4. The summed E-state index contributed by atoms with van der Waals surface area (Å²) in [5.74, 6) is 2.40. The number of fused-ring (bicyclic) bond motifs is 1. The number of benzene rings is 2. The first-order valence-electron chi connectivity index (χ1n) is 12.1. The van der Waals surface area contributed by atoms with Gasteiger partial charge in [0.05, 0.1) is 20.8 Å². The van der Waals surface area contributed by atoms with Gasteiger partial charge in [-0.3, -0.25) is 0 Å². The number of hydrogen-bond acceptors (Lipinski definition) is 9. The van der Waals surface area contributed by atoms with Crippen LogP contribution in [-0.4, -0.2) is 62.2 Å². The van der Waals surface area contributed by atoms with Crippen molar-refractivity contribution in [3.05, 3.63) is 54.1 Å². The highest BCUT2D eigenvalue weighted by atomic mass is 32.2. The van der Waals surface area contributed by atoms with E-state index in [-0.39, 0.29) is 29.8 Å². The van der Waals surface area contributed by atoms with E-state index in [1.54, 1.807) is 55.1 Å². The van der Waals surface area contributed by atoms with Gasteiger partial charge in [0.1, 0.15) is 17.3 Å². The van der Waals surface area contributed by atoms with Gasteiger partial charge in [0.15, 0.2) is 23.0 Å². The van der Waals surface area contributed by atoms with Gasteiger partial charge in [-0.05, 0) is 54.8 Å². The lowest BCUT2D eigenvalue weighted by Gasteiger charge is -2.15. The fraction of sp³-hybridized carbons (Fsp3) is 0.346. The zero-order valence-electron chi connectivity index (χ0n) is 22.0. The summed E-state index contributed by atoms with van der Waals surface area (Å²) in [5, 5.41) is 12.9. The molecule has 0 amide bonds. The monoisotopic (exact) mass is 541 g/mol. The number of sulfonamides is 1. The molecule has 11 nitrogen and oxygen atoms in total. The van der Waals surface area contributed by atoms with Crippen LogP contribution < -0.4 is 23.7 Å². The van der Waals surface area contributed by atoms with E-state index in [0.29, 0.717) is 35.3 Å². The molecule has 0 unspecified atom stereocenters. The maximum absolute atomic E-state index is 13.1. The molecule has 2 heterocycles. The van der Waals surface area contributed by atoms with Crippen LogP contribution >= 0.6 is 0 Å². The standard InChI is InChI=1S/C26H31N5O6S/c1-6-36-21-10-7-18(17(2)3)16-23(21)38(32,33)27-13-14-37-25-12-11-24-28-29-26(31(24)30-25)19-8-9-20(34-4)22(15-19)35-5/h7-12,15-17,27H,6,13-14H2,1-5H3. The third kappa shape index (κ3) is 5.81. The fourth-order valence-electron chi connectivity index (χ4n) is 3.78. The van der Waals surface area contributed by atoms with E-state index in [1.807, 2.05) is 32.9 Å². The lowest BCUT2D eigenvalue weighted by Crippen LogP contribution is -2.29. The Morgan fingerprint density at radius 1 is 0.921 bits per heavy atom. The van der Waals surface area contributed by atoms with Crippen LogP contribution in [0.5, 0.6) is 23.1 Å². The number of nitrogens with one attached hydrogen (secondary N) is 1. The second-order valence-corrected chi connectivity index (χ2v) is 10.3. The van der Waals surface area contributed by atoms with Crippen LogP contribution in [0, 0.1) is 0 Å². The third-order valence-corrected chi connectivity index (χ3v) is 7.23. The molecule has 38 heavy (non-hydrogen) atoms. The highest BCUT2D eigenvalue weighted by Crippen LogP contribution is 2.32. The lowest BCUT2D eigenvalue weighted by molar-refractivity contribution is 0.305. The molecule has 1 N–H and O–H groups in total. The first kappa shape index (κ1) is 27.1. The molecule has 0 aliphatic carbocycles. The Bertz CT molecular complexity index is 1520. The molecule has 0 saturated carbocycles. The van der Waals surface area contributed by atoms with Crippen LogP contribution in [0.3, 0.4) is 0 Å². The van der Waals surface area contributed by atoms with Crippen molar-refractivity contribution < 1.29 is 27.4 Å². The van der Waals surface area contributed by atoms with Gasteiger partial charge in [-0.1, -0.05) is 19.9 Å². The van der Waals surface area contributed by atoms with Crippen molar-refractivity contribution in [3.8, 4) is 34.5 Å². The van der Waals surface area contributed by atoms with Crippen molar-refractivity contribution in [1.82, 2.24) is 24.5 Å². The van der Waals surface area contributed by atoms with Crippen molar-refractivity contribution in [3.63, 3.8) is 0 Å². The number of nitrogens with zero attached hydrogens (tertiary/aromatic N) is 4. The van der Waals surface area contributed by atoms with Gasteiger partial charge in [-0.15, -0.1) is 15.3 Å². The largest absolute Gasteiger partial charge is 0.493 e. The summed E-state index contributed by atoms with van der Waals surface area (Å²) in [6.07, 6.45) is 0. The molecule has 0 saturated heterocycles. The second kappa shape index (κ2) is 11.7. The van der Waals surface area contributed by atoms with Gasteiger partial charge in [0, 0.05) is 18.2 Å². The van der Waals surface area contributed by atoms with Gasteiger partial charge in [-0.25, -0.2) is 13.1 Å². The Morgan fingerprint density at radius 2 is 1.68 bits per heavy atom. The molecule has 4 aromatic rings. The molecule has 12 heteroatoms. The van der Waals surface area contributed by atoms with Crippen LogP contribution in [0.25, 0.3) is 17.0 Å². The van der Waals surface area contributed by atoms with E-state index in [4.69, 9.17) is 18.9 Å². The maximum Gasteiger partial charge on any atom is 0.244 e. The van der Waals surface area contributed by atoms with Crippen molar-refractivity contribution in [2.45, 2.75) is 31.6 Å². The van der Waals surface area contributed by atoms with Crippen LogP contribution in [-0.2, 0) is 10.0 Å². The minimum Gasteiger partial charge on any atom is -0.493 e. The Kier molecular flexibility index (Phi) is 8.32. The zero-order valence-corrected chi connectivity index (χ0v) is 22.8. The van der Waals surface area contributed by atoms with Crippen LogP contribution in [0.15, 0.2) is 53.4 Å². The molecule has 0 aliphatic rings. The minimum absolute atomic E-state index is 0.0320. The van der Waals surface area contributed by atoms with E-state index < -0.39 is 10.0 Å². The topological polar surface area (TPSA) is 126 Å². The maximum atomic E-state index is 13.1. The summed E-state index contributed by atoms with van der Waals surface area (Å²) < 4.78 is 52.2. The molecule has 0 fully saturated rings. The third-order valence-electron chi connectivity index (χ3n) is 5.75. The molecule has 0 spiro atoms. The molecule has 2 aromatic heterocycles. The van der Waals surface area contributed by atoms with Crippen molar-refractivity contribution in [2.24, 2.45) is 0 Å². The zero-order chi connectivity index (χ0) is 27.3. The summed E-state index contributed by atoms with van der Waals surface area (Å²) in [6, 6.07) is 14.0. The Morgan fingerprint density at radius 3 is 2.39 bits per heavy atom. The van der Waals surface area contributed by atoms with E-state index >= 15 is 0 Å². The van der Waals surface area contributed by atoms with Gasteiger partial charge >= 0.3 is 0 Å². The van der Waals surface area contributed by atoms with E-state index in [9.17, 15) is 8.42 Å². The molecule has 0 atom stereocenters. The molecule has 0 aliphatic heterocycles. The van der Waals surface area contributed by atoms with Gasteiger partial charge in [0.2, 0.25) is 15.9 Å². The van der Waals surface area contributed by atoms with E-state index in [1.165, 1.54) is 0 Å². The number of rotatable bonds is 12. The predicted octanol–water partition coefficient (Wildman–Crippen LogP) is 3.69. The SMILES string of the molecule is CCOc1ccc(C(C)C)cc1S(=O)(=O)NCCOc1ccc2nnc(-c3ccc(OC)c(OC)c3)n2n1. The van der Waals surface area contributed by atoms with Crippen molar-refractivity contribution in [1.29, 1.82) is 0 Å². The molecular weight excluding hydrogens is 510 g/mol. The number of methoxy groups -OCH3 is 2. The van der Waals surface area contributed by atoms with Crippen LogP contribution in [0.1, 0.15) is 32.3 Å². The summed E-state index contributed by atoms with van der Waals surface area (Å²) in [6.45, 7) is 6.26. The second-order valence-electron chi connectivity index (χ2n) is 8.58. The summed E-state index contributed by atoms with van der Waals surface area (Å²) in [4.78, 5) is 0.106. The molecular formula is C26H31N5O6S. The normalized spacial score (nSPS) is 11.6. The van der Waals surface area contributed by atoms with Crippen LogP contribution in [0.2, 0.25) is 0 Å². The van der Waals surface area contributed by atoms with Crippen molar-refractivity contribution in [2.75, 3.05) is 34.0 Å². The fourth-order valence-corrected chi connectivity index (χ4v) is 4.97. The van der Waals surface area contributed by atoms with E-state index in [0.717, 1.165) is 11.1 Å². The first-order chi connectivity index (χ1) is 18.3. The van der Waals surface area contributed by atoms with Gasteiger partial charge < -0.3 is 18.9 Å². The highest BCUT2D eigenvalue weighted by Gasteiger charge is 2.21. The molecule has 4 rings (SSSR count). The lowest BCUT2D eigenvalue weighted by atomic mass is 10.0. The van der Waals surface area contributed by atoms with E-state index in [2.05, 4.69) is 20.0 Å². The van der Waals surface area contributed by atoms with Gasteiger partial charge in [0.25, 0.3) is 0 Å². The summed E-state index contributed by atoms with van der Waals surface area (Å²) >= 11 is 0. The summed E-state index contributed by atoms with van der Waals surface area (Å²) in [5.41, 5.74) is 2.15. The molecule has 202 valence electrons. The first-order valence-corrected chi connectivity index (χ1v) is 13.6.